The number of aromatic nitrogens is 2. The van der Waals surface area contributed by atoms with Crippen molar-refractivity contribution < 1.29 is 4.42 Å². The lowest BCUT2D eigenvalue weighted by Gasteiger charge is -2.33. The number of aromatic amines is 1. The van der Waals surface area contributed by atoms with E-state index >= 15 is 0 Å². The molecule has 0 saturated heterocycles. The van der Waals surface area contributed by atoms with Crippen LogP contribution >= 0.6 is 22.7 Å². The van der Waals surface area contributed by atoms with E-state index in [9.17, 15) is 4.79 Å². The molecule has 0 saturated carbocycles. The summed E-state index contributed by atoms with van der Waals surface area (Å²) in [6.45, 7) is 3.86. The summed E-state index contributed by atoms with van der Waals surface area (Å²) < 4.78 is 5.45. The summed E-state index contributed by atoms with van der Waals surface area (Å²) in [5, 5.41) is 4.72. The molecule has 0 spiro atoms. The maximum Gasteiger partial charge on any atom is 0.260 e. The van der Waals surface area contributed by atoms with Crippen molar-refractivity contribution in [3.63, 3.8) is 0 Å². The van der Waals surface area contributed by atoms with Crippen LogP contribution in [-0.2, 0) is 13.0 Å². The fourth-order valence-corrected chi connectivity index (χ4v) is 5.56. The largest absolute Gasteiger partial charge is 0.464 e. The van der Waals surface area contributed by atoms with Crippen LogP contribution in [-0.4, -0.2) is 21.4 Å². The lowest BCUT2D eigenvalue weighted by atomic mass is 10.0. The molecule has 0 aliphatic carbocycles. The highest BCUT2D eigenvalue weighted by Gasteiger charge is 2.25. The minimum absolute atomic E-state index is 0.0986. The zero-order chi connectivity index (χ0) is 17.7. The van der Waals surface area contributed by atoms with Gasteiger partial charge in [0.2, 0.25) is 0 Å². The van der Waals surface area contributed by atoms with Gasteiger partial charge in [-0.2, -0.15) is 0 Å². The van der Waals surface area contributed by atoms with E-state index in [1.54, 1.807) is 6.26 Å². The molecule has 4 aromatic rings. The zero-order valence-electron chi connectivity index (χ0n) is 14.2. The van der Waals surface area contributed by atoms with Crippen molar-refractivity contribution in [1.29, 1.82) is 0 Å². The molecular formula is C19H17N3O2S2. The van der Waals surface area contributed by atoms with Crippen LogP contribution < -0.4 is 5.56 Å². The van der Waals surface area contributed by atoms with Crippen LogP contribution in [0.1, 0.15) is 29.2 Å². The van der Waals surface area contributed by atoms with Gasteiger partial charge in [-0.15, -0.1) is 22.7 Å². The molecule has 5 nitrogen and oxygen atoms in total. The van der Waals surface area contributed by atoms with E-state index in [2.05, 4.69) is 28.3 Å². The Morgan fingerprint density at radius 1 is 1.38 bits per heavy atom. The van der Waals surface area contributed by atoms with E-state index in [4.69, 9.17) is 9.40 Å². The van der Waals surface area contributed by atoms with Gasteiger partial charge in [-0.1, -0.05) is 0 Å². The van der Waals surface area contributed by atoms with Crippen LogP contribution in [0.2, 0.25) is 0 Å². The van der Waals surface area contributed by atoms with Gasteiger partial charge in [0.05, 0.1) is 18.2 Å². The number of furan rings is 1. The number of nitrogens with one attached hydrogen (secondary N) is 1. The number of hydrogen-bond donors (Lipinski definition) is 1. The molecule has 1 aliphatic heterocycles. The lowest BCUT2D eigenvalue weighted by Crippen LogP contribution is -2.33. The molecule has 0 fully saturated rings. The number of thiophene rings is 2. The highest BCUT2D eigenvalue weighted by atomic mass is 32.1. The molecule has 0 aromatic carbocycles. The van der Waals surface area contributed by atoms with E-state index in [-0.39, 0.29) is 5.56 Å². The van der Waals surface area contributed by atoms with Gasteiger partial charge in [0.25, 0.3) is 5.56 Å². The molecule has 1 N–H and O–H groups in total. The van der Waals surface area contributed by atoms with Crippen molar-refractivity contribution in [1.82, 2.24) is 14.9 Å². The molecule has 0 radical (unpaired) electrons. The van der Waals surface area contributed by atoms with Crippen molar-refractivity contribution in [3.05, 3.63) is 61.8 Å². The maximum absolute atomic E-state index is 12.7. The van der Waals surface area contributed by atoms with Gasteiger partial charge in [-0.05, 0) is 42.5 Å². The number of H-pyrrole nitrogens is 1. The van der Waals surface area contributed by atoms with Crippen LogP contribution in [0.15, 0.2) is 44.4 Å². The van der Waals surface area contributed by atoms with Crippen molar-refractivity contribution in [3.8, 4) is 11.3 Å². The SMILES string of the molecule is CC1c2ccsc2CCN1Cc1nc2scc(-c3ccco3)c2c(=O)[nH]1. The van der Waals surface area contributed by atoms with Gasteiger partial charge >= 0.3 is 0 Å². The quantitative estimate of drug-likeness (QED) is 0.569. The molecule has 0 bridgehead atoms. The first kappa shape index (κ1) is 16.0. The zero-order valence-corrected chi connectivity index (χ0v) is 15.8. The first-order valence-electron chi connectivity index (χ1n) is 8.55. The smallest absolute Gasteiger partial charge is 0.260 e. The molecule has 5 rings (SSSR count). The fraction of sp³-hybridized carbons (Fsp3) is 0.263. The van der Waals surface area contributed by atoms with Gasteiger partial charge in [-0.3, -0.25) is 9.69 Å². The first-order valence-corrected chi connectivity index (χ1v) is 10.3. The monoisotopic (exact) mass is 383 g/mol. The molecule has 1 unspecified atom stereocenters. The van der Waals surface area contributed by atoms with Crippen LogP contribution in [0.25, 0.3) is 21.5 Å². The molecule has 132 valence electrons. The second-order valence-electron chi connectivity index (χ2n) is 6.52. The van der Waals surface area contributed by atoms with E-state index in [0.29, 0.717) is 23.7 Å². The van der Waals surface area contributed by atoms with Crippen LogP contribution in [0.4, 0.5) is 0 Å². The Hall–Kier alpha value is -2.22. The summed E-state index contributed by atoms with van der Waals surface area (Å²) in [6.07, 6.45) is 2.68. The minimum atomic E-state index is -0.0986. The normalized spacial score (nSPS) is 17.7. The van der Waals surface area contributed by atoms with Crippen LogP contribution in [0.3, 0.4) is 0 Å². The number of nitrogens with zero attached hydrogens (tertiary/aromatic N) is 2. The second-order valence-corrected chi connectivity index (χ2v) is 8.37. The molecule has 0 amide bonds. The number of hydrogen-bond acceptors (Lipinski definition) is 6. The van der Waals surface area contributed by atoms with E-state index < -0.39 is 0 Å². The van der Waals surface area contributed by atoms with Gasteiger partial charge in [-0.25, -0.2) is 4.98 Å². The van der Waals surface area contributed by atoms with Gasteiger partial charge in [0, 0.05) is 28.4 Å². The second kappa shape index (κ2) is 6.19. The lowest BCUT2D eigenvalue weighted by molar-refractivity contribution is 0.186. The topological polar surface area (TPSA) is 62.1 Å². The van der Waals surface area contributed by atoms with Crippen molar-refractivity contribution >= 4 is 32.9 Å². The molecular weight excluding hydrogens is 366 g/mol. The molecule has 5 heterocycles. The average Bonchev–Trinajstić information content (AvgIpc) is 3.36. The van der Waals surface area contributed by atoms with Gasteiger partial charge < -0.3 is 9.40 Å². The summed E-state index contributed by atoms with van der Waals surface area (Å²) in [4.78, 5) is 25.0. The Kier molecular flexibility index (Phi) is 3.81. The Labute approximate surface area is 157 Å². The minimum Gasteiger partial charge on any atom is -0.464 e. The maximum atomic E-state index is 12.7. The highest BCUT2D eigenvalue weighted by Crippen LogP contribution is 2.34. The predicted molar refractivity (Wildman–Crippen MR) is 105 cm³/mol. The molecule has 7 heteroatoms. The Balaban J connectivity index is 1.49. The first-order chi connectivity index (χ1) is 12.7. The van der Waals surface area contributed by atoms with Crippen molar-refractivity contribution in [2.75, 3.05) is 6.54 Å². The molecule has 4 aromatic heterocycles. The predicted octanol–water partition coefficient (Wildman–Crippen LogP) is 4.43. The third-order valence-corrected chi connectivity index (χ3v) is 6.90. The Bertz CT molecular complexity index is 1120. The molecule has 1 aliphatic rings. The molecule has 26 heavy (non-hydrogen) atoms. The Morgan fingerprint density at radius 3 is 3.15 bits per heavy atom. The summed E-state index contributed by atoms with van der Waals surface area (Å²) in [5.74, 6) is 1.42. The summed E-state index contributed by atoms with van der Waals surface area (Å²) >= 11 is 3.32. The standard InChI is InChI=1S/C19H17N3O2S2/c1-11-12-5-8-25-15(12)4-6-22(11)9-16-20-18(23)17-13(10-26-19(17)21-16)14-3-2-7-24-14/h2-3,5,7-8,10-11H,4,6,9H2,1H3,(H,20,21,23). The van der Waals surface area contributed by atoms with Crippen LogP contribution in [0.5, 0.6) is 0 Å². The van der Waals surface area contributed by atoms with E-state index in [0.717, 1.165) is 29.2 Å². The van der Waals surface area contributed by atoms with Gasteiger partial charge in [0.1, 0.15) is 16.4 Å². The third kappa shape index (κ3) is 2.55. The van der Waals surface area contributed by atoms with E-state index in [1.807, 2.05) is 28.8 Å². The number of rotatable bonds is 3. The van der Waals surface area contributed by atoms with Gasteiger partial charge in [0.15, 0.2) is 0 Å². The van der Waals surface area contributed by atoms with Crippen LogP contribution in [0, 0.1) is 0 Å². The average molecular weight is 383 g/mol. The third-order valence-electron chi connectivity index (χ3n) is 5.04. The fourth-order valence-electron chi connectivity index (χ4n) is 3.65. The number of fused-ring (bicyclic) bond motifs is 2. The van der Waals surface area contributed by atoms with Crippen molar-refractivity contribution in [2.24, 2.45) is 0 Å². The molecule has 1 atom stereocenters. The van der Waals surface area contributed by atoms with E-state index in [1.165, 1.54) is 21.8 Å². The summed E-state index contributed by atoms with van der Waals surface area (Å²) in [7, 11) is 0. The summed E-state index contributed by atoms with van der Waals surface area (Å²) in [6, 6.07) is 6.24. The summed E-state index contributed by atoms with van der Waals surface area (Å²) in [5.41, 5.74) is 2.11. The highest BCUT2D eigenvalue weighted by molar-refractivity contribution is 7.17. The van der Waals surface area contributed by atoms with Crippen molar-refractivity contribution in [2.45, 2.75) is 25.9 Å². The Morgan fingerprint density at radius 2 is 2.31 bits per heavy atom.